The summed E-state index contributed by atoms with van der Waals surface area (Å²) in [6.45, 7) is 7.46. The third-order valence-corrected chi connectivity index (χ3v) is 5.27. The molecule has 4 nitrogen and oxygen atoms in total. The maximum Gasteiger partial charge on any atom is 0.344 e. The molecular formula is C16H26O4. The third-order valence-electron chi connectivity index (χ3n) is 5.27. The molecule has 2 saturated carbocycles. The fraction of sp³-hybridized carbons (Fsp3) is 0.875. The molecule has 20 heavy (non-hydrogen) atoms. The summed E-state index contributed by atoms with van der Waals surface area (Å²) in [6, 6.07) is 0. The van der Waals surface area contributed by atoms with E-state index < -0.39 is 11.4 Å². The van der Waals surface area contributed by atoms with Gasteiger partial charge in [-0.1, -0.05) is 13.8 Å². The van der Waals surface area contributed by atoms with Crippen LogP contribution >= 0.6 is 0 Å². The van der Waals surface area contributed by atoms with Gasteiger partial charge < -0.3 is 9.47 Å². The average Bonchev–Trinajstić information content (AvgIpc) is 2.99. The molecule has 2 rings (SSSR count). The topological polar surface area (TPSA) is 52.6 Å². The molecule has 0 aromatic carbocycles. The fourth-order valence-electron chi connectivity index (χ4n) is 3.38. The fourth-order valence-corrected chi connectivity index (χ4v) is 3.38. The van der Waals surface area contributed by atoms with Crippen molar-refractivity contribution in [2.45, 2.75) is 59.5 Å². The Labute approximate surface area is 121 Å². The van der Waals surface area contributed by atoms with Crippen LogP contribution in [0.1, 0.15) is 53.4 Å². The monoisotopic (exact) mass is 282 g/mol. The summed E-state index contributed by atoms with van der Waals surface area (Å²) in [6.07, 6.45) is 4.32. The molecule has 0 heterocycles. The van der Waals surface area contributed by atoms with Gasteiger partial charge in [-0.05, 0) is 57.3 Å². The zero-order valence-corrected chi connectivity index (χ0v) is 13.0. The number of fused-ring (bicyclic) bond motifs is 2. The lowest BCUT2D eigenvalue weighted by Crippen LogP contribution is -2.34. The van der Waals surface area contributed by atoms with Crippen molar-refractivity contribution in [1.82, 2.24) is 0 Å². The predicted octanol–water partition coefficient (Wildman–Crippen LogP) is 2.94. The molecule has 2 aliphatic carbocycles. The van der Waals surface area contributed by atoms with Crippen LogP contribution in [0.15, 0.2) is 0 Å². The molecule has 0 amide bonds. The summed E-state index contributed by atoms with van der Waals surface area (Å²) < 4.78 is 10.6. The number of esters is 2. The van der Waals surface area contributed by atoms with Gasteiger partial charge in [-0.15, -0.1) is 0 Å². The number of hydrogen-bond acceptors (Lipinski definition) is 4. The first-order chi connectivity index (χ1) is 9.35. The Hall–Kier alpha value is -1.06. The second-order valence-electron chi connectivity index (χ2n) is 6.96. The molecular weight excluding hydrogens is 256 g/mol. The van der Waals surface area contributed by atoms with Gasteiger partial charge in [0.15, 0.2) is 6.61 Å². The summed E-state index contributed by atoms with van der Waals surface area (Å²) in [5.41, 5.74) is -0.542. The van der Waals surface area contributed by atoms with Crippen LogP contribution in [-0.4, -0.2) is 24.6 Å². The third kappa shape index (κ3) is 2.99. The Morgan fingerprint density at radius 1 is 1.20 bits per heavy atom. The van der Waals surface area contributed by atoms with Gasteiger partial charge in [0.05, 0.1) is 5.41 Å². The predicted molar refractivity (Wildman–Crippen MR) is 74.9 cm³/mol. The maximum absolute atomic E-state index is 11.8. The van der Waals surface area contributed by atoms with E-state index in [-0.39, 0.29) is 18.7 Å². The Balaban J connectivity index is 1.78. The van der Waals surface area contributed by atoms with Crippen LogP contribution in [-0.2, 0) is 19.1 Å². The lowest BCUT2D eigenvalue weighted by Gasteiger charge is -2.28. The van der Waals surface area contributed by atoms with Crippen LogP contribution in [0.2, 0.25) is 0 Å². The van der Waals surface area contributed by atoms with Gasteiger partial charge in [-0.2, -0.15) is 0 Å². The van der Waals surface area contributed by atoms with Gasteiger partial charge in [0.2, 0.25) is 0 Å². The zero-order chi connectivity index (χ0) is 14.9. The summed E-state index contributed by atoms with van der Waals surface area (Å²) in [7, 11) is 0. The standard InChI is InChI=1S/C16H26O4/c1-5-16(3,4)15(18)19-9-13(17)20-14-10(2)11-6-7-12(14)8-11/h10-12,14H,5-9H2,1-4H3. The highest BCUT2D eigenvalue weighted by Gasteiger charge is 2.47. The molecule has 4 atom stereocenters. The van der Waals surface area contributed by atoms with E-state index in [2.05, 4.69) is 6.92 Å². The van der Waals surface area contributed by atoms with Gasteiger partial charge in [0.1, 0.15) is 6.10 Å². The SMILES string of the molecule is CCC(C)(C)C(=O)OCC(=O)OC1C2CCC(C2)C1C. The number of carbonyl (C=O) groups excluding carboxylic acids is 2. The second-order valence-corrected chi connectivity index (χ2v) is 6.96. The number of carbonyl (C=O) groups is 2. The smallest absolute Gasteiger partial charge is 0.344 e. The van der Waals surface area contributed by atoms with Crippen LogP contribution in [0, 0.1) is 23.2 Å². The number of hydrogen-bond donors (Lipinski definition) is 0. The highest BCUT2D eigenvalue weighted by molar-refractivity contribution is 5.79. The first-order valence-electron chi connectivity index (χ1n) is 7.72. The maximum atomic E-state index is 11.8. The molecule has 0 N–H and O–H groups in total. The molecule has 0 aromatic heterocycles. The van der Waals surface area contributed by atoms with Crippen molar-refractivity contribution in [3.63, 3.8) is 0 Å². The van der Waals surface area contributed by atoms with Crippen molar-refractivity contribution in [3.05, 3.63) is 0 Å². The minimum Gasteiger partial charge on any atom is -0.459 e. The normalized spacial score (nSPS) is 32.2. The lowest BCUT2D eigenvalue weighted by atomic mass is 9.88. The Morgan fingerprint density at radius 3 is 2.40 bits per heavy atom. The van der Waals surface area contributed by atoms with Gasteiger partial charge in [0.25, 0.3) is 0 Å². The Kier molecular flexibility index (Phi) is 4.40. The van der Waals surface area contributed by atoms with E-state index in [9.17, 15) is 9.59 Å². The van der Waals surface area contributed by atoms with Crippen LogP contribution in [0.5, 0.6) is 0 Å². The van der Waals surface area contributed by atoms with Crippen LogP contribution in [0.4, 0.5) is 0 Å². The van der Waals surface area contributed by atoms with E-state index in [1.807, 2.05) is 20.8 Å². The van der Waals surface area contributed by atoms with E-state index in [0.717, 1.165) is 6.42 Å². The van der Waals surface area contributed by atoms with Crippen molar-refractivity contribution >= 4 is 11.9 Å². The molecule has 0 saturated heterocycles. The van der Waals surface area contributed by atoms with E-state index in [1.54, 1.807) is 0 Å². The summed E-state index contributed by atoms with van der Waals surface area (Å²) in [5, 5.41) is 0. The summed E-state index contributed by atoms with van der Waals surface area (Å²) in [5.74, 6) is 0.925. The first kappa shape index (κ1) is 15.3. The molecule has 2 fully saturated rings. The second kappa shape index (κ2) is 5.74. The largest absolute Gasteiger partial charge is 0.459 e. The van der Waals surface area contributed by atoms with E-state index >= 15 is 0 Å². The highest BCUT2D eigenvalue weighted by atomic mass is 16.6. The lowest BCUT2D eigenvalue weighted by molar-refractivity contribution is -0.170. The van der Waals surface area contributed by atoms with E-state index in [4.69, 9.17) is 9.47 Å². The zero-order valence-electron chi connectivity index (χ0n) is 13.0. The van der Waals surface area contributed by atoms with Crippen molar-refractivity contribution in [2.24, 2.45) is 23.2 Å². The van der Waals surface area contributed by atoms with Crippen molar-refractivity contribution < 1.29 is 19.1 Å². The van der Waals surface area contributed by atoms with Gasteiger partial charge in [-0.25, -0.2) is 4.79 Å². The average molecular weight is 282 g/mol. The van der Waals surface area contributed by atoms with Gasteiger partial charge >= 0.3 is 11.9 Å². The Bertz CT molecular complexity index is 386. The molecule has 0 aromatic rings. The number of ether oxygens (including phenoxy) is 2. The quantitative estimate of drug-likeness (QED) is 0.727. The molecule has 0 aliphatic heterocycles. The number of rotatable bonds is 5. The minimum atomic E-state index is -0.542. The van der Waals surface area contributed by atoms with Crippen LogP contribution < -0.4 is 0 Å². The molecule has 2 aliphatic rings. The molecule has 4 unspecified atom stereocenters. The molecule has 0 radical (unpaired) electrons. The Morgan fingerprint density at radius 2 is 1.85 bits per heavy atom. The molecule has 114 valence electrons. The van der Waals surface area contributed by atoms with Crippen molar-refractivity contribution in [1.29, 1.82) is 0 Å². The van der Waals surface area contributed by atoms with E-state index in [0.29, 0.717) is 24.2 Å². The molecule has 0 spiro atoms. The highest BCUT2D eigenvalue weighted by Crippen LogP contribution is 2.49. The van der Waals surface area contributed by atoms with Crippen molar-refractivity contribution in [2.75, 3.05) is 6.61 Å². The van der Waals surface area contributed by atoms with Gasteiger partial charge in [-0.3, -0.25) is 4.79 Å². The van der Waals surface area contributed by atoms with Crippen LogP contribution in [0.3, 0.4) is 0 Å². The van der Waals surface area contributed by atoms with E-state index in [1.165, 1.54) is 12.8 Å². The summed E-state index contributed by atoms with van der Waals surface area (Å²) in [4.78, 5) is 23.6. The van der Waals surface area contributed by atoms with Gasteiger partial charge in [0, 0.05) is 0 Å². The summed E-state index contributed by atoms with van der Waals surface area (Å²) >= 11 is 0. The molecule has 4 heteroatoms. The molecule has 2 bridgehead atoms. The minimum absolute atomic E-state index is 0.0270. The first-order valence-corrected chi connectivity index (χ1v) is 7.72. The van der Waals surface area contributed by atoms with Crippen LogP contribution in [0.25, 0.3) is 0 Å². The van der Waals surface area contributed by atoms with Crippen molar-refractivity contribution in [3.8, 4) is 0 Å².